The van der Waals surface area contributed by atoms with Crippen molar-refractivity contribution in [1.29, 1.82) is 0 Å². The number of carbonyl (C=O) groups excluding carboxylic acids is 1. The zero-order valence-electron chi connectivity index (χ0n) is 12.1. The minimum absolute atomic E-state index is 0.0831. The molecule has 1 rings (SSSR count). The standard InChI is InChI=1S/C14H22N2O3S/c1-4-14(15,5-2)10-16-20(18,19)13-8-6-7-12(9-13)11(3)17/h6-9,16H,4-5,10,15H2,1-3H3. The molecule has 0 bridgehead atoms. The van der Waals surface area contributed by atoms with Gasteiger partial charge in [0.05, 0.1) is 4.90 Å². The van der Waals surface area contributed by atoms with Gasteiger partial charge in [0, 0.05) is 17.6 Å². The summed E-state index contributed by atoms with van der Waals surface area (Å²) < 4.78 is 26.9. The lowest BCUT2D eigenvalue weighted by atomic mass is 9.95. The molecule has 0 amide bonds. The summed E-state index contributed by atoms with van der Waals surface area (Å²) in [5.74, 6) is -0.169. The van der Waals surface area contributed by atoms with Crippen molar-refractivity contribution in [2.45, 2.75) is 44.0 Å². The second kappa shape index (κ2) is 6.47. The van der Waals surface area contributed by atoms with Gasteiger partial charge in [0.2, 0.25) is 10.0 Å². The van der Waals surface area contributed by atoms with Crippen LogP contribution in [0.5, 0.6) is 0 Å². The predicted molar refractivity (Wildman–Crippen MR) is 79.1 cm³/mol. The Labute approximate surface area is 120 Å². The Kier molecular flexibility index (Phi) is 5.44. The van der Waals surface area contributed by atoms with E-state index in [1.54, 1.807) is 12.1 Å². The van der Waals surface area contributed by atoms with Crippen molar-refractivity contribution in [3.63, 3.8) is 0 Å². The second-order valence-corrected chi connectivity index (χ2v) is 6.75. The van der Waals surface area contributed by atoms with Crippen LogP contribution in [-0.4, -0.2) is 26.3 Å². The molecule has 6 heteroatoms. The first-order valence-electron chi connectivity index (χ1n) is 6.63. The average Bonchev–Trinajstić information content (AvgIpc) is 2.45. The van der Waals surface area contributed by atoms with Crippen LogP contribution in [0.2, 0.25) is 0 Å². The molecule has 1 aromatic rings. The average molecular weight is 298 g/mol. The lowest BCUT2D eigenvalue weighted by Gasteiger charge is -2.26. The molecule has 0 radical (unpaired) electrons. The highest BCUT2D eigenvalue weighted by Crippen LogP contribution is 2.14. The van der Waals surface area contributed by atoms with Crippen molar-refractivity contribution in [3.05, 3.63) is 29.8 Å². The zero-order chi connectivity index (χ0) is 15.4. The topological polar surface area (TPSA) is 89.3 Å². The number of nitrogens with one attached hydrogen (secondary N) is 1. The highest BCUT2D eigenvalue weighted by molar-refractivity contribution is 7.89. The molecular formula is C14H22N2O3S. The molecule has 20 heavy (non-hydrogen) atoms. The van der Waals surface area contributed by atoms with Crippen LogP contribution >= 0.6 is 0 Å². The van der Waals surface area contributed by atoms with Gasteiger partial charge in [-0.3, -0.25) is 4.79 Å². The fraction of sp³-hybridized carbons (Fsp3) is 0.500. The number of sulfonamides is 1. The van der Waals surface area contributed by atoms with Gasteiger partial charge < -0.3 is 5.73 Å². The summed E-state index contributed by atoms with van der Waals surface area (Å²) in [6.07, 6.45) is 1.36. The van der Waals surface area contributed by atoms with Crippen molar-refractivity contribution in [2.24, 2.45) is 5.73 Å². The van der Waals surface area contributed by atoms with Gasteiger partial charge >= 0.3 is 0 Å². The number of ketones is 1. The summed E-state index contributed by atoms with van der Waals surface area (Å²) >= 11 is 0. The van der Waals surface area contributed by atoms with Crippen LogP contribution < -0.4 is 10.5 Å². The summed E-state index contributed by atoms with van der Waals surface area (Å²) in [5, 5.41) is 0. The molecule has 0 aromatic heterocycles. The fourth-order valence-electron chi connectivity index (χ4n) is 1.70. The molecule has 0 aliphatic heterocycles. The number of hydrogen-bond acceptors (Lipinski definition) is 4. The van der Waals surface area contributed by atoms with E-state index in [4.69, 9.17) is 5.73 Å². The Morgan fingerprint density at radius 1 is 1.30 bits per heavy atom. The van der Waals surface area contributed by atoms with E-state index in [9.17, 15) is 13.2 Å². The molecule has 0 aliphatic carbocycles. The molecule has 0 saturated heterocycles. The van der Waals surface area contributed by atoms with Crippen LogP contribution in [0.25, 0.3) is 0 Å². The molecule has 3 N–H and O–H groups in total. The van der Waals surface area contributed by atoms with Crippen molar-refractivity contribution >= 4 is 15.8 Å². The Bertz CT molecular complexity index is 578. The van der Waals surface area contributed by atoms with E-state index >= 15 is 0 Å². The normalized spacial score (nSPS) is 12.4. The van der Waals surface area contributed by atoms with Crippen molar-refractivity contribution < 1.29 is 13.2 Å². The molecule has 0 fully saturated rings. The van der Waals surface area contributed by atoms with E-state index in [0.29, 0.717) is 18.4 Å². The van der Waals surface area contributed by atoms with E-state index in [2.05, 4.69) is 4.72 Å². The van der Waals surface area contributed by atoms with E-state index in [-0.39, 0.29) is 17.2 Å². The Balaban J connectivity index is 2.95. The van der Waals surface area contributed by atoms with Gasteiger partial charge in [-0.2, -0.15) is 0 Å². The summed E-state index contributed by atoms with van der Waals surface area (Å²) in [4.78, 5) is 11.4. The number of Topliss-reactive ketones (excluding diaryl/α,β-unsaturated/α-hetero) is 1. The van der Waals surface area contributed by atoms with Gasteiger partial charge in [-0.15, -0.1) is 0 Å². The lowest BCUT2D eigenvalue weighted by Crippen LogP contribution is -2.49. The molecule has 0 aliphatic rings. The first kappa shape index (κ1) is 16.8. The zero-order valence-corrected chi connectivity index (χ0v) is 13.0. The van der Waals surface area contributed by atoms with Crippen LogP contribution in [0.15, 0.2) is 29.2 Å². The summed E-state index contributed by atoms with van der Waals surface area (Å²) in [6.45, 7) is 5.42. The van der Waals surface area contributed by atoms with E-state index in [1.165, 1.54) is 19.1 Å². The molecule has 0 spiro atoms. The highest BCUT2D eigenvalue weighted by atomic mass is 32.2. The minimum Gasteiger partial charge on any atom is -0.324 e. The third-order valence-electron chi connectivity index (χ3n) is 3.57. The van der Waals surface area contributed by atoms with Crippen LogP contribution in [0.4, 0.5) is 0 Å². The number of hydrogen-bond donors (Lipinski definition) is 2. The van der Waals surface area contributed by atoms with Crippen molar-refractivity contribution in [1.82, 2.24) is 4.72 Å². The molecule has 0 unspecified atom stereocenters. The SMILES string of the molecule is CCC(N)(CC)CNS(=O)(=O)c1cccc(C(C)=O)c1. The van der Waals surface area contributed by atoms with Crippen LogP contribution in [0, 0.1) is 0 Å². The first-order valence-corrected chi connectivity index (χ1v) is 8.12. The maximum Gasteiger partial charge on any atom is 0.240 e. The molecule has 1 aromatic carbocycles. The number of nitrogens with two attached hydrogens (primary N) is 1. The molecule has 0 atom stereocenters. The van der Waals surface area contributed by atoms with Crippen LogP contribution in [-0.2, 0) is 10.0 Å². The van der Waals surface area contributed by atoms with Gasteiger partial charge in [-0.1, -0.05) is 26.0 Å². The first-order chi connectivity index (χ1) is 9.24. The van der Waals surface area contributed by atoms with Crippen LogP contribution in [0.3, 0.4) is 0 Å². The summed E-state index contributed by atoms with van der Waals surface area (Å²) in [6, 6.07) is 5.99. The number of carbonyl (C=O) groups is 1. The Morgan fingerprint density at radius 3 is 2.40 bits per heavy atom. The van der Waals surface area contributed by atoms with Crippen molar-refractivity contribution in [2.75, 3.05) is 6.54 Å². The quantitative estimate of drug-likeness (QED) is 0.750. The van der Waals surface area contributed by atoms with Gasteiger partial charge in [0.1, 0.15) is 0 Å². The third-order valence-corrected chi connectivity index (χ3v) is 4.97. The monoisotopic (exact) mass is 298 g/mol. The van der Waals surface area contributed by atoms with Crippen molar-refractivity contribution in [3.8, 4) is 0 Å². The molecule has 0 heterocycles. The molecule has 112 valence electrons. The molecule has 0 saturated carbocycles. The lowest BCUT2D eigenvalue weighted by molar-refractivity contribution is 0.101. The van der Waals surface area contributed by atoms with E-state index in [0.717, 1.165) is 0 Å². The summed E-state index contributed by atoms with van der Waals surface area (Å²) in [7, 11) is -3.65. The molecular weight excluding hydrogens is 276 g/mol. The highest BCUT2D eigenvalue weighted by Gasteiger charge is 2.24. The van der Waals surface area contributed by atoms with Crippen LogP contribution in [0.1, 0.15) is 44.0 Å². The molecule has 5 nitrogen and oxygen atoms in total. The maximum absolute atomic E-state index is 12.2. The third kappa shape index (κ3) is 4.13. The minimum atomic E-state index is -3.65. The Hall–Kier alpha value is -1.24. The van der Waals surface area contributed by atoms with E-state index < -0.39 is 15.6 Å². The van der Waals surface area contributed by atoms with Gasteiger partial charge in [-0.25, -0.2) is 13.1 Å². The smallest absolute Gasteiger partial charge is 0.240 e. The largest absolute Gasteiger partial charge is 0.324 e. The number of rotatable bonds is 7. The van der Waals surface area contributed by atoms with E-state index in [1.807, 2.05) is 13.8 Å². The predicted octanol–water partition coefficient (Wildman–Crippen LogP) is 1.68. The fourth-order valence-corrected chi connectivity index (χ4v) is 2.89. The number of benzene rings is 1. The maximum atomic E-state index is 12.2. The van der Waals surface area contributed by atoms with Gasteiger partial charge in [0.15, 0.2) is 5.78 Å². The second-order valence-electron chi connectivity index (χ2n) is 4.98. The Morgan fingerprint density at radius 2 is 1.90 bits per heavy atom. The van der Waals surface area contributed by atoms with Gasteiger partial charge in [0.25, 0.3) is 0 Å². The van der Waals surface area contributed by atoms with Gasteiger partial charge in [-0.05, 0) is 31.9 Å². The summed E-state index contributed by atoms with van der Waals surface area (Å²) in [5.41, 5.74) is 5.90.